The number of anilines is 2. The molecular formula is C14H24BrN3. The van der Waals surface area contributed by atoms with Crippen LogP contribution >= 0.6 is 15.9 Å². The van der Waals surface area contributed by atoms with Crippen LogP contribution in [0.1, 0.15) is 26.3 Å². The standard InChI is InChI=1S/C14H24BrN3/c1-5-18(6-2)9-11(4)17-14-7-10(3)13(16)8-12(14)15/h7-8,11,17H,5-6,9,16H2,1-4H3. The number of aryl methyl sites for hydroxylation is 1. The average Bonchev–Trinajstić information content (AvgIpc) is 2.33. The summed E-state index contributed by atoms with van der Waals surface area (Å²) in [5.74, 6) is 0. The van der Waals surface area contributed by atoms with Gasteiger partial charge in [0.1, 0.15) is 0 Å². The van der Waals surface area contributed by atoms with Gasteiger partial charge >= 0.3 is 0 Å². The van der Waals surface area contributed by atoms with Crippen LogP contribution in [0.2, 0.25) is 0 Å². The zero-order valence-corrected chi connectivity index (χ0v) is 13.3. The van der Waals surface area contributed by atoms with E-state index < -0.39 is 0 Å². The minimum atomic E-state index is 0.407. The lowest BCUT2D eigenvalue weighted by Crippen LogP contribution is -2.34. The fourth-order valence-electron chi connectivity index (χ4n) is 1.99. The van der Waals surface area contributed by atoms with E-state index in [1.165, 1.54) is 0 Å². The normalized spacial score (nSPS) is 12.8. The molecular weight excluding hydrogens is 290 g/mol. The second kappa shape index (κ2) is 7.00. The van der Waals surface area contributed by atoms with Crippen LogP contribution in [0.3, 0.4) is 0 Å². The zero-order valence-electron chi connectivity index (χ0n) is 11.8. The van der Waals surface area contributed by atoms with Crippen LogP contribution < -0.4 is 11.1 Å². The van der Waals surface area contributed by atoms with E-state index in [-0.39, 0.29) is 0 Å². The van der Waals surface area contributed by atoms with Gasteiger partial charge in [0.25, 0.3) is 0 Å². The summed E-state index contributed by atoms with van der Waals surface area (Å²) >= 11 is 3.55. The van der Waals surface area contributed by atoms with E-state index in [1.54, 1.807) is 0 Å². The van der Waals surface area contributed by atoms with Gasteiger partial charge in [0.05, 0.1) is 0 Å². The van der Waals surface area contributed by atoms with Crippen LogP contribution in [0.15, 0.2) is 16.6 Å². The molecule has 0 heterocycles. The number of likely N-dealkylation sites (N-methyl/N-ethyl adjacent to an activating group) is 1. The molecule has 1 rings (SSSR count). The molecule has 3 nitrogen and oxygen atoms in total. The Morgan fingerprint density at radius 3 is 2.50 bits per heavy atom. The predicted molar refractivity (Wildman–Crippen MR) is 84.2 cm³/mol. The molecule has 1 atom stereocenters. The largest absolute Gasteiger partial charge is 0.398 e. The number of rotatable bonds is 6. The first kappa shape index (κ1) is 15.3. The van der Waals surface area contributed by atoms with Crippen LogP contribution in [0.4, 0.5) is 11.4 Å². The van der Waals surface area contributed by atoms with Gasteiger partial charge < -0.3 is 16.0 Å². The van der Waals surface area contributed by atoms with E-state index in [1.807, 2.05) is 13.0 Å². The molecule has 102 valence electrons. The number of hydrogen-bond acceptors (Lipinski definition) is 3. The van der Waals surface area contributed by atoms with E-state index in [9.17, 15) is 0 Å². The Morgan fingerprint density at radius 2 is 1.94 bits per heavy atom. The number of nitrogens with one attached hydrogen (secondary N) is 1. The first-order valence-electron chi connectivity index (χ1n) is 6.52. The lowest BCUT2D eigenvalue weighted by atomic mass is 10.1. The van der Waals surface area contributed by atoms with Crippen LogP contribution in [0, 0.1) is 6.92 Å². The van der Waals surface area contributed by atoms with Gasteiger partial charge in [0.15, 0.2) is 0 Å². The molecule has 0 aromatic heterocycles. The smallest absolute Gasteiger partial charge is 0.0491 e. The Hall–Kier alpha value is -0.740. The second-order valence-corrected chi connectivity index (χ2v) is 5.57. The average molecular weight is 314 g/mol. The second-order valence-electron chi connectivity index (χ2n) is 4.72. The SMILES string of the molecule is CCN(CC)CC(C)Nc1cc(C)c(N)cc1Br. The van der Waals surface area contributed by atoms with E-state index in [4.69, 9.17) is 5.73 Å². The third-order valence-electron chi connectivity index (χ3n) is 3.18. The minimum absolute atomic E-state index is 0.407. The van der Waals surface area contributed by atoms with E-state index >= 15 is 0 Å². The lowest BCUT2D eigenvalue weighted by molar-refractivity contribution is 0.295. The van der Waals surface area contributed by atoms with Gasteiger partial charge in [-0.1, -0.05) is 13.8 Å². The topological polar surface area (TPSA) is 41.3 Å². The lowest BCUT2D eigenvalue weighted by Gasteiger charge is -2.24. The summed E-state index contributed by atoms with van der Waals surface area (Å²) < 4.78 is 1.02. The molecule has 0 aliphatic carbocycles. The van der Waals surface area contributed by atoms with Gasteiger partial charge in [0.2, 0.25) is 0 Å². The molecule has 1 unspecified atom stereocenters. The molecule has 0 radical (unpaired) electrons. The van der Waals surface area contributed by atoms with Crippen molar-refractivity contribution in [3.63, 3.8) is 0 Å². The van der Waals surface area contributed by atoms with Crippen molar-refractivity contribution in [3.8, 4) is 0 Å². The first-order valence-corrected chi connectivity index (χ1v) is 7.31. The quantitative estimate of drug-likeness (QED) is 0.790. The summed E-state index contributed by atoms with van der Waals surface area (Å²) in [6.07, 6.45) is 0. The summed E-state index contributed by atoms with van der Waals surface area (Å²) in [6, 6.07) is 4.46. The molecule has 4 heteroatoms. The van der Waals surface area contributed by atoms with Crippen LogP contribution in [-0.4, -0.2) is 30.6 Å². The van der Waals surface area contributed by atoms with Gasteiger partial charge in [-0.3, -0.25) is 0 Å². The van der Waals surface area contributed by atoms with Crippen LogP contribution in [-0.2, 0) is 0 Å². The van der Waals surface area contributed by atoms with Crippen molar-refractivity contribution < 1.29 is 0 Å². The van der Waals surface area contributed by atoms with Crippen LogP contribution in [0.25, 0.3) is 0 Å². The molecule has 0 bridgehead atoms. The van der Waals surface area contributed by atoms with Gasteiger partial charge in [0, 0.05) is 28.4 Å². The molecule has 0 aliphatic rings. The van der Waals surface area contributed by atoms with Gasteiger partial charge in [-0.15, -0.1) is 0 Å². The van der Waals surface area contributed by atoms with E-state index in [0.29, 0.717) is 6.04 Å². The van der Waals surface area contributed by atoms with Gasteiger partial charge in [-0.2, -0.15) is 0 Å². The maximum Gasteiger partial charge on any atom is 0.0491 e. The fourth-order valence-corrected chi connectivity index (χ4v) is 2.46. The Balaban J connectivity index is 2.69. The molecule has 1 aromatic carbocycles. The monoisotopic (exact) mass is 313 g/mol. The van der Waals surface area contributed by atoms with Gasteiger partial charge in [-0.05, 0) is 60.6 Å². The van der Waals surface area contributed by atoms with Crippen molar-refractivity contribution in [2.24, 2.45) is 0 Å². The highest BCUT2D eigenvalue weighted by atomic mass is 79.9. The zero-order chi connectivity index (χ0) is 13.7. The molecule has 1 aromatic rings. The minimum Gasteiger partial charge on any atom is -0.398 e. The van der Waals surface area contributed by atoms with Crippen molar-refractivity contribution in [1.82, 2.24) is 4.90 Å². The first-order chi connectivity index (χ1) is 8.47. The van der Waals surface area contributed by atoms with Crippen molar-refractivity contribution in [3.05, 3.63) is 22.2 Å². The molecule has 18 heavy (non-hydrogen) atoms. The fraction of sp³-hybridized carbons (Fsp3) is 0.571. The molecule has 0 aliphatic heterocycles. The summed E-state index contributed by atoms with van der Waals surface area (Å²) in [7, 11) is 0. The highest BCUT2D eigenvalue weighted by Crippen LogP contribution is 2.28. The van der Waals surface area contributed by atoms with Crippen molar-refractivity contribution in [2.45, 2.75) is 33.7 Å². The Kier molecular flexibility index (Phi) is 5.96. The Bertz CT molecular complexity index is 389. The molecule has 3 N–H and O–H groups in total. The third-order valence-corrected chi connectivity index (χ3v) is 3.84. The molecule has 0 fully saturated rings. The number of benzene rings is 1. The number of halogens is 1. The molecule has 0 saturated heterocycles. The molecule has 0 spiro atoms. The predicted octanol–water partition coefficient (Wildman–Crippen LogP) is 3.48. The summed E-state index contributed by atoms with van der Waals surface area (Å²) in [5, 5.41) is 3.53. The Labute approximate surface area is 119 Å². The highest BCUT2D eigenvalue weighted by Gasteiger charge is 2.09. The number of nitrogens with zero attached hydrogens (tertiary/aromatic N) is 1. The number of nitrogens with two attached hydrogens (primary N) is 1. The molecule has 0 saturated carbocycles. The number of nitrogen functional groups attached to an aromatic ring is 1. The van der Waals surface area contributed by atoms with Gasteiger partial charge in [-0.25, -0.2) is 0 Å². The Morgan fingerprint density at radius 1 is 1.33 bits per heavy atom. The maximum absolute atomic E-state index is 5.88. The summed E-state index contributed by atoms with van der Waals surface area (Å²) in [6.45, 7) is 11.8. The van der Waals surface area contributed by atoms with E-state index in [0.717, 1.165) is 41.0 Å². The van der Waals surface area contributed by atoms with Crippen molar-refractivity contribution in [2.75, 3.05) is 30.7 Å². The highest BCUT2D eigenvalue weighted by molar-refractivity contribution is 9.10. The third kappa shape index (κ3) is 4.18. The van der Waals surface area contributed by atoms with E-state index in [2.05, 4.69) is 53.0 Å². The van der Waals surface area contributed by atoms with Crippen molar-refractivity contribution >= 4 is 27.3 Å². The summed E-state index contributed by atoms with van der Waals surface area (Å²) in [4.78, 5) is 2.41. The number of hydrogen-bond donors (Lipinski definition) is 2. The maximum atomic E-state index is 5.88. The summed E-state index contributed by atoms with van der Waals surface area (Å²) in [5.41, 5.74) is 8.92. The van der Waals surface area contributed by atoms with Crippen molar-refractivity contribution in [1.29, 1.82) is 0 Å². The van der Waals surface area contributed by atoms with Crippen LogP contribution in [0.5, 0.6) is 0 Å². The molecule has 0 amide bonds.